The molecule has 1 N–H and O–H groups in total. The molecule has 1 aromatic rings. The van der Waals surface area contributed by atoms with E-state index in [1.54, 1.807) is 17.0 Å². The molecule has 0 bridgehead atoms. The van der Waals surface area contributed by atoms with E-state index in [4.69, 9.17) is 0 Å². The number of carbonyl (C=O) groups excluding carboxylic acids is 1. The lowest BCUT2D eigenvalue weighted by molar-refractivity contribution is -0.384. The number of non-ortho nitro benzene ring substituents is 1. The Kier molecular flexibility index (Phi) is 4.22. The van der Waals surface area contributed by atoms with E-state index in [1.165, 1.54) is 12.1 Å². The average molecular weight is 277 g/mol. The molecule has 2 amide bonds. The van der Waals surface area contributed by atoms with Crippen molar-refractivity contribution < 1.29 is 9.72 Å². The van der Waals surface area contributed by atoms with Crippen LogP contribution in [0.25, 0.3) is 0 Å². The molecule has 108 valence electrons. The van der Waals surface area contributed by atoms with Crippen LogP contribution in [0.4, 0.5) is 16.2 Å². The predicted molar refractivity (Wildman–Crippen MR) is 76.6 cm³/mol. The predicted octanol–water partition coefficient (Wildman–Crippen LogP) is 3.10. The number of benzene rings is 1. The third-order valence-electron chi connectivity index (χ3n) is 3.46. The summed E-state index contributed by atoms with van der Waals surface area (Å²) in [5.41, 5.74) is 0.429. The van der Waals surface area contributed by atoms with E-state index in [0.717, 1.165) is 19.5 Å². The Hall–Kier alpha value is -2.11. The van der Waals surface area contributed by atoms with Gasteiger partial charge in [0, 0.05) is 30.9 Å². The van der Waals surface area contributed by atoms with E-state index in [0.29, 0.717) is 17.5 Å². The summed E-state index contributed by atoms with van der Waals surface area (Å²) in [5, 5.41) is 13.4. The molecule has 0 aliphatic carbocycles. The van der Waals surface area contributed by atoms with Gasteiger partial charge in [-0.1, -0.05) is 19.9 Å². The van der Waals surface area contributed by atoms with Crippen LogP contribution in [0.5, 0.6) is 0 Å². The highest BCUT2D eigenvalue weighted by Gasteiger charge is 2.25. The monoisotopic (exact) mass is 277 g/mol. The Morgan fingerprint density at radius 3 is 2.60 bits per heavy atom. The molecule has 2 unspecified atom stereocenters. The maximum absolute atomic E-state index is 12.2. The highest BCUT2D eigenvalue weighted by molar-refractivity contribution is 5.89. The Morgan fingerprint density at radius 2 is 2.00 bits per heavy atom. The smallest absolute Gasteiger partial charge is 0.321 e. The zero-order chi connectivity index (χ0) is 14.7. The molecule has 1 heterocycles. The van der Waals surface area contributed by atoms with Crippen LogP contribution in [0.3, 0.4) is 0 Å². The fraction of sp³-hybridized carbons (Fsp3) is 0.500. The van der Waals surface area contributed by atoms with Crippen molar-refractivity contribution in [1.82, 2.24) is 4.90 Å². The Bertz CT molecular complexity index is 508. The summed E-state index contributed by atoms with van der Waals surface area (Å²) in [6, 6.07) is 5.80. The topological polar surface area (TPSA) is 75.5 Å². The molecular formula is C14H19N3O3. The maximum atomic E-state index is 12.2. The zero-order valence-corrected chi connectivity index (χ0v) is 11.7. The molecule has 6 heteroatoms. The minimum absolute atomic E-state index is 0.0248. The number of hydrogen-bond donors (Lipinski definition) is 1. The molecule has 1 aliphatic rings. The average Bonchev–Trinajstić information content (AvgIpc) is 2.37. The Balaban J connectivity index is 2.04. The van der Waals surface area contributed by atoms with Crippen molar-refractivity contribution in [3.05, 3.63) is 34.4 Å². The summed E-state index contributed by atoms with van der Waals surface area (Å²) >= 11 is 0. The highest BCUT2D eigenvalue weighted by Crippen LogP contribution is 2.22. The van der Waals surface area contributed by atoms with Crippen molar-refractivity contribution in [2.45, 2.75) is 20.3 Å². The molecule has 0 radical (unpaired) electrons. The van der Waals surface area contributed by atoms with Crippen molar-refractivity contribution in [3.8, 4) is 0 Å². The number of nitro benzene ring substituents is 1. The van der Waals surface area contributed by atoms with Crippen molar-refractivity contribution in [2.24, 2.45) is 11.8 Å². The second-order valence-electron chi connectivity index (χ2n) is 5.59. The summed E-state index contributed by atoms with van der Waals surface area (Å²) in [5.74, 6) is 0.962. The third-order valence-corrected chi connectivity index (χ3v) is 3.46. The van der Waals surface area contributed by atoms with E-state index >= 15 is 0 Å². The fourth-order valence-corrected chi connectivity index (χ4v) is 2.73. The van der Waals surface area contributed by atoms with Crippen LogP contribution in [0.2, 0.25) is 0 Å². The molecule has 0 aromatic heterocycles. The van der Waals surface area contributed by atoms with Gasteiger partial charge in [0.05, 0.1) is 4.92 Å². The van der Waals surface area contributed by atoms with E-state index in [2.05, 4.69) is 19.2 Å². The number of rotatable bonds is 2. The maximum Gasteiger partial charge on any atom is 0.321 e. The number of likely N-dealkylation sites (tertiary alicyclic amines) is 1. The van der Waals surface area contributed by atoms with Crippen LogP contribution in [-0.2, 0) is 0 Å². The van der Waals surface area contributed by atoms with Gasteiger partial charge in [-0.2, -0.15) is 0 Å². The van der Waals surface area contributed by atoms with E-state index in [9.17, 15) is 14.9 Å². The SMILES string of the molecule is CC1CC(C)CN(C(=O)Nc2cccc([N+](=O)[O-])c2)C1. The molecule has 20 heavy (non-hydrogen) atoms. The molecule has 0 saturated carbocycles. The number of amides is 2. The molecule has 2 rings (SSSR count). The van der Waals surface area contributed by atoms with Gasteiger partial charge < -0.3 is 10.2 Å². The van der Waals surface area contributed by atoms with Gasteiger partial charge in [0.25, 0.3) is 5.69 Å². The fourth-order valence-electron chi connectivity index (χ4n) is 2.73. The summed E-state index contributed by atoms with van der Waals surface area (Å²) in [6.07, 6.45) is 1.13. The molecule has 1 fully saturated rings. The van der Waals surface area contributed by atoms with Gasteiger partial charge in [-0.05, 0) is 24.3 Å². The van der Waals surface area contributed by atoms with Gasteiger partial charge in [-0.3, -0.25) is 10.1 Å². The number of nitrogens with zero attached hydrogens (tertiary/aromatic N) is 2. The number of nitro groups is 1. The number of piperidine rings is 1. The first-order chi connectivity index (χ1) is 9.45. The Morgan fingerprint density at radius 1 is 1.35 bits per heavy atom. The second kappa shape index (κ2) is 5.90. The first-order valence-electron chi connectivity index (χ1n) is 6.76. The number of urea groups is 1. The van der Waals surface area contributed by atoms with Gasteiger partial charge in [-0.25, -0.2) is 4.79 Å². The van der Waals surface area contributed by atoms with E-state index < -0.39 is 4.92 Å². The zero-order valence-electron chi connectivity index (χ0n) is 11.7. The van der Waals surface area contributed by atoms with Gasteiger partial charge in [-0.15, -0.1) is 0 Å². The van der Waals surface area contributed by atoms with Gasteiger partial charge in [0.2, 0.25) is 0 Å². The molecule has 1 saturated heterocycles. The number of anilines is 1. The number of nitrogens with one attached hydrogen (secondary N) is 1. The van der Waals surface area contributed by atoms with Crippen molar-refractivity contribution in [1.29, 1.82) is 0 Å². The normalized spacial score (nSPS) is 22.4. The van der Waals surface area contributed by atoms with Crippen LogP contribution in [-0.4, -0.2) is 28.9 Å². The third kappa shape index (κ3) is 3.46. The van der Waals surface area contributed by atoms with E-state index in [-0.39, 0.29) is 11.7 Å². The van der Waals surface area contributed by atoms with Crippen LogP contribution >= 0.6 is 0 Å². The molecule has 0 spiro atoms. The van der Waals surface area contributed by atoms with E-state index in [1.807, 2.05) is 0 Å². The van der Waals surface area contributed by atoms with Crippen molar-refractivity contribution >= 4 is 17.4 Å². The molecular weight excluding hydrogens is 258 g/mol. The van der Waals surface area contributed by atoms with Crippen molar-refractivity contribution in [2.75, 3.05) is 18.4 Å². The summed E-state index contributed by atoms with van der Waals surface area (Å²) in [4.78, 5) is 24.2. The number of hydrogen-bond acceptors (Lipinski definition) is 3. The van der Waals surface area contributed by atoms with Gasteiger partial charge >= 0.3 is 6.03 Å². The largest absolute Gasteiger partial charge is 0.324 e. The highest BCUT2D eigenvalue weighted by atomic mass is 16.6. The lowest BCUT2D eigenvalue weighted by Gasteiger charge is -2.34. The quantitative estimate of drug-likeness (QED) is 0.666. The molecule has 1 aliphatic heterocycles. The van der Waals surface area contributed by atoms with Crippen LogP contribution in [0.15, 0.2) is 24.3 Å². The van der Waals surface area contributed by atoms with Crippen molar-refractivity contribution in [3.63, 3.8) is 0 Å². The van der Waals surface area contributed by atoms with Gasteiger partial charge in [0.15, 0.2) is 0 Å². The summed E-state index contributed by atoms with van der Waals surface area (Å²) < 4.78 is 0. The summed E-state index contributed by atoms with van der Waals surface area (Å²) in [7, 11) is 0. The number of carbonyl (C=O) groups is 1. The molecule has 2 atom stereocenters. The Labute approximate surface area is 117 Å². The first kappa shape index (κ1) is 14.3. The standard InChI is InChI=1S/C14H19N3O3/c1-10-6-11(2)9-16(8-10)14(18)15-12-4-3-5-13(7-12)17(19)20/h3-5,7,10-11H,6,8-9H2,1-2H3,(H,15,18). The lowest BCUT2D eigenvalue weighted by atomic mass is 9.92. The molecule has 6 nitrogen and oxygen atoms in total. The van der Waals surface area contributed by atoms with Crippen LogP contribution in [0, 0.1) is 22.0 Å². The first-order valence-corrected chi connectivity index (χ1v) is 6.76. The summed E-state index contributed by atoms with van der Waals surface area (Å²) in [6.45, 7) is 5.71. The molecule has 1 aromatic carbocycles. The second-order valence-corrected chi connectivity index (χ2v) is 5.59. The lowest BCUT2D eigenvalue weighted by Crippen LogP contribution is -2.44. The minimum atomic E-state index is -0.472. The van der Waals surface area contributed by atoms with Crippen LogP contribution < -0.4 is 5.32 Å². The van der Waals surface area contributed by atoms with Gasteiger partial charge in [0.1, 0.15) is 0 Å². The van der Waals surface area contributed by atoms with Crippen LogP contribution in [0.1, 0.15) is 20.3 Å². The minimum Gasteiger partial charge on any atom is -0.324 e.